The molecular weight excluding hydrogens is 456 g/mol. The van der Waals surface area contributed by atoms with Crippen molar-refractivity contribution in [3.8, 4) is 11.5 Å². The second-order valence-corrected chi connectivity index (χ2v) is 9.22. The number of nitrogens with one attached hydrogen (secondary N) is 1. The Morgan fingerprint density at radius 2 is 1.85 bits per heavy atom. The van der Waals surface area contributed by atoms with Gasteiger partial charge in [-0.2, -0.15) is 5.01 Å². The molecule has 0 aromatic heterocycles. The summed E-state index contributed by atoms with van der Waals surface area (Å²) in [5, 5.41) is 8.53. The monoisotopic (exact) mass is 480 g/mol. The fraction of sp³-hybridized carbons (Fsp3) is 0.333. The van der Waals surface area contributed by atoms with Gasteiger partial charge in [0.05, 0.1) is 12.2 Å². The zero-order valence-corrected chi connectivity index (χ0v) is 19.6. The third-order valence-electron chi connectivity index (χ3n) is 5.89. The molecule has 176 valence electrons. The van der Waals surface area contributed by atoms with Gasteiger partial charge in [0.1, 0.15) is 6.61 Å². The van der Waals surface area contributed by atoms with E-state index in [4.69, 9.17) is 9.47 Å². The molecule has 3 heterocycles. The Kier molecular flexibility index (Phi) is 5.68. The van der Waals surface area contributed by atoms with E-state index in [1.165, 1.54) is 5.01 Å². The molecule has 0 saturated carbocycles. The summed E-state index contributed by atoms with van der Waals surface area (Å²) in [6.07, 6.45) is 0.0157. The lowest BCUT2D eigenvalue weighted by molar-refractivity contribution is -0.140. The van der Waals surface area contributed by atoms with Gasteiger partial charge in [-0.05, 0) is 30.0 Å². The Bertz CT molecular complexity index is 1200. The standard InChI is InChI=1S/C24H24N4O5S/c1-3-20(29)25-23-26-28(21(30)4-2)24(34-23)16-9-5-6-10-17(16)27(22(24)31)13-15-14-32-18-11-7-8-12-19(18)33-15/h5-12,15H,3-4,13-14H2,1-2H3,(H,25,26,29). The summed E-state index contributed by atoms with van der Waals surface area (Å²) in [5.74, 6) is 0.421. The van der Waals surface area contributed by atoms with E-state index in [2.05, 4.69) is 10.4 Å². The lowest BCUT2D eigenvalue weighted by Crippen LogP contribution is -2.51. The minimum absolute atomic E-state index is 0.159. The van der Waals surface area contributed by atoms with Crippen LogP contribution < -0.4 is 19.7 Å². The van der Waals surface area contributed by atoms with Crippen molar-refractivity contribution in [2.75, 3.05) is 18.1 Å². The van der Waals surface area contributed by atoms with Gasteiger partial charge in [0.2, 0.25) is 16.7 Å². The number of fused-ring (bicyclic) bond motifs is 3. The highest BCUT2D eigenvalue weighted by atomic mass is 32.2. The predicted octanol–water partition coefficient (Wildman–Crippen LogP) is 2.81. The van der Waals surface area contributed by atoms with Crippen molar-refractivity contribution in [3.63, 3.8) is 0 Å². The van der Waals surface area contributed by atoms with Gasteiger partial charge in [-0.25, -0.2) is 0 Å². The first-order valence-corrected chi connectivity index (χ1v) is 12.0. The van der Waals surface area contributed by atoms with E-state index in [9.17, 15) is 14.4 Å². The van der Waals surface area contributed by atoms with Crippen LogP contribution in [0.25, 0.3) is 0 Å². The highest BCUT2D eigenvalue weighted by Crippen LogP contribution is 2.54. The molecule has 2 aromatic carbocycles. The molecule has 0 saturated heterocycles. The van der Waals surface area contributed by atoms with Crippen LogP contribution in [0.3, 0.4) is 0 Å². The second-order valence-electron chi connectivity index (χ2n) is 8.04. The maximum Gasteiger partial charge on any atom is 0.270 e. The van der Waals surface area contributed by atoms with Crippen molar-refractivity contribution >= 4 is 40.3 Å². The number of rotatable bonds is 4. The lowest BCUT2D eigenvalue weighted by Gasteiger charge is -2.32. The van der Waals surface area contributed by atoms with Crippen molar-refractivity contribution in [3.05, 3.63) is 54.1 Å². The summed E-state index contributed by atoms with van der Waals surface area (Å²) < 4.78 is 11.9. The Morgan fingerprint density at radius 3 is 2.62 bits per heavy atom. The number of hydrazone groups is 1. The van der Waals surface area contributed by atoms with Gasteiger partial charge in [-0.15, -0.1) is 5.10 Å². The number of amides is 3. The van der Waals surface area contributed by atoms with Gasteiger partial charge >= 0.3 is 0 Å². The number of para-hydroxylation sites is 3. The average Bonchev–Trinajstić information content (AvgIpc) is 3.35. The molecule has 0 aliphatic carbocycles. The largest absolute Gasteiger partial charge is 0.486 e. The number of amidine groups is 1. The lowest BCUT2D eigenvalue weighted by atomic mass is 10.1. The van der Waals surface area contributed by atoms with Crippen molar-refractivity contribution < 1.29 is 23.9 Å². The van der Waals surface area contributed by atoms with Gasteiger partial charge in [-0.3, -0.25) is 14.4 Å². The fourth-order valence-electron chi connectivity index (χ4n) is 4.25. The molecule has 1 spiro atoms. The zero-order valence-electron chi connectivity index (χ0n) is 18.8. The van der Waals surface area contributed by atoms with Gasteiger partial charge in [0.15, 0.2) is 22.8 Å². The van der Waals surface area contributed by atoms with E-state index in [0.717, 1.165) is 11.8 Å². The van der Waals surface area contributed by atoms with Crippen LogP contribution in [0.4, 0.5) is 5.69 Å². The Balaban J connectivity index is 1.49. The quantitative estimate of drug-likeness (QED) is 0.722. The number of hydrogen-bond acceptors (Lipinski definition) is 7. The van der Waals surface area contributed by atoms with Crippen LogP contribution in [0.2, 0.25) is 0 Å². The molecule has 3 aliphatic heterocycles. The molecule has 0 radical (unpaired) electrons. The minimum Gasteiger partial charge on any atom is -0.486 e. The summed E-state index contributed by atoms with van der Waals surface area (Å²) in [4.78, 5) is 39.2. The summed E-state index contributed by atoms with van der Waals surface area (Å²) in [6, 6.07) is 14.7. The molecule has 1 N–H and O–H groups in total. The van der Waals surface area contributed by atoms with Gasteiger partial charge in [0, 0.05) is 18.4 Å². The molecule has 2 unspecified atom stereocenters. The molecule has 2 atom stereocenters. The first-order chi connectivity index (χ1) is 16.5. The molecule has 9 nitrogen and oxygen atoms in total. The van der Waals surface area contributed by atoms with Crippen molar-refractivity contribution in [1.82, 2.24) is 10.3 Å². The topological polar surface area (TPSA) is 101 Å². The number of ether oxygens (including phenoxy) is 2. The number of carbonyl (C=O) groups excluding carboxylic acids is 3. The van der Waals surface area contributed by atoms with Crippen LogP contribution in [0.1, 0.15) is 32.3 Å². The average molecular weight is 481 g/mol. The minimum atomic E-state index is -1.42. The van der Waals surface area contributed by atoms with Crippen LogP contribution in [0.5, 0.6) is 11.5 Å². The molecule has 0 fully saturated rings. The van der Waals surface area contributed by atoms with Crippen molar-refractivity contribution in [2.45, 2.75) is 37.7 Å². The van der Waals surface area contributed by atoms with E-state index < -0.39 is 11.0 Å². The normalized spacial score (nSPS) is 22.6. The molecular formula is C24H24N4O5S. The summed E-state index contributed by atoms with van der Waals surface area (Å²) >= 11 is 1.08. The number of thioether (sulfide) groups is 1. The van der Waals surface area contributed by atoms with Crippen LogP contribution in [-0.4, -0.2) is 47.2 Å². The van der Waals surface area contributed by atoms with Crippen LogP contribution in [-0.2, 0) is 19.3 Å². The molecule has 10 heteroatoms. The van der Waals surface area contributed by atoms with Crippen LogP contribution in [0, 0.1) is 0 Å². The zero-order chi connectivity index (χ0) is 23.9. The van der Waals surface area contributed by atoms with Gasteiger partial charge < -0.3 is 19.7 Å². The van der Waals surface area contributed by atoms with E-state index in [1.54, 1.807) is 18.7 Å². The fourth-order valence-corrected chi connectivity index (χ4v) is 5.52. The van der Waals surface area contributed by atoms with Crippen molar-refractivity contribution in [2.24, 2.45) is 5.10 Å². The highest BCUT2D eigenvalue weighted by molar-refractivity contribution is 8.15. The number of hydrogen-bond donors (Lipinski definition) is 1. The molecule has 5 rings (SSSR count). The van der Waals surface area contributed by atoms with E-state index in [1.807, 2.05) is 48.5 Å². The number of nitrogens with zero attached hydrogens (tertiary/aromatic N) is 3. The molecule has 34 heavy (non-hydrogen) atoms. The van der Waals surface area contributed by atoms with E-state index in [-0.39, 0.29) is 48.9 Å². The number of carbonyl (C=O) groups is 3. The maximum absolute atomic E-state index is 14.1. The Labute approximate surface area is 201 Å². The summed E-state index contributed by atoms with van der Waals surface area (Å²) in [6.45, 7) is 3.96. The van der Waals surface area contributed by atoms with Crippen LogP contribution in [0.15, 0.2) is 53.6 Å². The maximum atomic E-state index is 14.1. The van der Waals surface area contributed by atoms with Gasteiger partial charge in [0.25, 0.3) is 5.91 Å². The van der Waals surface area contributed by atoms with Crippen LogP contribution >= 0.6 is 11.8 Å². The van der Waals surface area contributed by atoms with E-state index in [0.29, 0.717) is 22.7 Å². The Morgan fingerprint density at radius 1 is 1.12 bits per heavy atom. The summed E-state index contributed by atoms with van der Waals surface area (Å²) in [7, 11) is 0. The number of anilines is 1. The first-order valence-electron chi connectivity index (χ1n) is 11.2. The first kappa shape index (κ1) is 22.3. The molecule has 3 aliphatic rings. The highest BCUT2D eigenvalue weighted by Gasteiger charge is 2.61. The Hall–Kier alpha value is -3.53. The SMILES string of the molecule is CCC(=O)NC1=NN(C(=O)CC)C2(S1)C(=O)N(CC1COc3ccccc3O1)c1ccccc12. The molecule has 2 aromatic rings. The van der Waals surface area contributed by atoms with E-state index >= 15 is 0 Å². The smallest absolute Gasteiger partial charge is 0.270 e. The molecule has 3 amide bonds. The molecule has 0 bridgehead atoms. The van der Waals surface area contributed by atoms with Gasteiger partial charge in [-0.1, -0.05) is 44.2 Å². The second kappa shape index (κ2) is 8.68. The third kappa shape index (κ3) is 3.49. The third-order valence-corrected chi connectivity index (χ3v) is 7.13. The number of benzene rings is 2. The predicted molar refractivity (Wildman–Crippen MR) is 127 cm³/mol. The van der Waals surface area contributed by atoms with Crippen molar-refractivity contribution in [1.29, 1.82) is 0 Å². The summed E-state index contributed by atoms with van der Waals surface area (Å²) in [5.41, 5.74) is 1.32.